The summed E-state index contributed by atoms with van der Waals surface area (Å²) in [6.45, 7) is 7.25. The molecule has 1 aromatic rings. The summed E-state index contributed by atoms with van der Waals surface area (Å²) < 4.78 is 11.2. The van der Waals surface area contributed by atoms with Crippen LogP contribution in [-0.4, -0.2) is 36.4 Å². The molecule has 6 nitrogen and oxygen atoms in total. The summed E-state index contributed by atoms with van der Waals surface area (Å²) in [4.78, 5) is 29.7. The van der Waals surface area contributed by atoms with Crippen molar-refractivity contribution in [2.75, 3.05) is 18.5 Å². The van der Waals surface area contributed by atoms with E-state index in [9.17, 15) is 9.59 Å². The Labute approximate surface area is 149 Å². The van der Waals surface area contributed by atoms with E-state index in [0.717, 1.165) is 4.47 Å². The molecule has 1 aliphatic rings. The van der Waals surface area contributed by atoms with E-state index in [4.69, 9.17) is 9.47 Å². The van der Waals surface area contributed by atoms with Crippen LogP contribution in [0, 0.1) is 5.92 Å². The van der Waals surface area contributed by atoms with E-state index in [1.165, 1.54) is 0 Å². The number of fused-ring (bicyclic) bond motifs is 1. The molecule has 1 aromatic carbocycles. The van der Waals surface area contributed by atoms with Gasteiger partial charge in [0.25, 0.3) is 0 Å². The van der Waals surface area contributed by atoms with Gasteiger partial charge in [-0.25, -0.2) is 4.79 Å². The molecular weight excluding hydrogens is 376 g/mol. The first-order valence-corrected chi connectivity index (χ1v) is 8.59. The monoisotopic (exact) mass is 396 g/mol. The van der Waals surface area contributed by atoms with Gasteiger partial charge >= 0.3 is 11.9 Å². The first-order chi connectivity index (χ1) is 11.3. The number of aliphatic imine (C=N–C) groups is 1. The van der Waals surface area contributed by atoms with E-state index in [1.807, 2.05) is 18.2 Å². The number of hydrogen-bond donors (Lipinski definition) is 1. The molecule has 2 rings (SSSR count). The van der Waals surface area contributed by atoms with Crippen LogP contribution in [0.5, 0.6) is 0 Å². The first kappa shape index (κ1) is 18.4. The van der Waals surface area contributed by atoms with E-state index >= 15 is 0 Å². The number of anilines is 1. The van der Waals surface area contributed by atoms with Crippen molar-refractivity contribution < 1.29 is 19.1 Å². The van der Waals surface area contributed by atoms with Crippen molar-refractivity contribution >= 4 is 45.0 Å². The van der Waals surface area contributed by atoms with Crippen LogP contribution in [0.15, 0.2) is 27.7 Å². The Bertz CT molecular complexity index is 689. The van der Waals surface area contributed by atoms with Gasteiger partial charge < -0.3 is 14.8 Å². The number of hydrogen-bond acceptors (Lipinski definition) is 6. The average molecular weight is 397 g/mol. The summed E-state index contributed by atoms with van der Waals surface area (Å²) in [6, 6.07) is 5.48. The zero-order valence-corrected chi connectivity index (χ0v) is 15.8. The maximum Gasteiger partial charge on any atom is 0.332 e. The number of carbonyl (C=O) groups is 2. The second-order valence-electron chi connectivity index (χ2n) is 5.65. The van der Waals surface area contributed by atoms with Crippen molar-refractivity contribution in [3.8, 4) is 0 Å². The van der Waals surface area contributed by atoms with E-state index in [0.29, 0.717) is 17.1 Å². The number of esters is 2. The summed E-state index contributed by atoms with van der Waals surface area (Å²) in [6.07, 6.45) is 0. The predicted octanol–water partition coefficient (Wildman–Crippen LogP) is 3.47. The highest BCUT2D eigenvalue weighted by Crippen LogP contribution is 2.38. The van der Waals surface area contributed by atoms with Crippen molar-refractivity contribution in [3.63, 3.8) is 0 Å². The second kappa shape index (κ2) is 7.34. The smallest absolute Gasteiger partial charge is 0.332 e. The lowest BCUT2D eigenvalue weighted by Crippen LogP contribution is -2.56. The lowest BCUT2D eigenvalue weighted by atomic mass is 9.82. The highest BCUT2D eigenvalue weighted by atomic mass is 79.9. The molecule has 0 radical (unpaired) electrons. The van der Waals surface area contributed by atoms with Crippen molar-refractivity contribution in [1.82, 2.24) is 0 Å². The van der Waals surface area contributed by atoms with E-state index in [-0.39, 0.29) is 13.2 Å². The second-order valence-corrected chi connectivity index (χ2v) is 6.56. The van der Waals surface area contributed by atoms with Crippen LogP contribution in [0.2, 0.25) is 0 Å². The Kier molecular flexibility index (Phi) is 5.64. The van der Waals surface area contributed by atoms with Crippen molar-refractivity contribution in [3.05, 3.63) is 22.7 Å². The number of nitrogens with one attached hydrogen (secondary N) is 1. The van der Waals surface area contributed by atoms with E-state index in [1.54, 1.807) is 27.7 Å². The molecule has 130 valence electrons. The van der Waals surface area contributed by atoms with Gasteiger partial charge in [0.15, 0.2) is 5.54 Å². The van der Waals surface area contributed by atoms with Gasteiger partial charge in [0.1, 0.15) is 5.92 Å². The van der Waals surface area contributed by atoms with E-state index in [2.05, 4.69) is 26.2 Å². The molecule has 0 aromatic heterocycles. The van der Waals surface area contributed by atoms with Gasteiger partial charge in [0, 0.05) is 10.2 Å². The van der Waals surface area contributed by atoms with Gasteiger partial charge in [-0.3, -0.25) is 9.79 Å². The molecule has 24 heavy (non-hydrogen) atoms. The van der Waals surface area contributed by atoms with Gasteiger partial charge in [-0.05, 0) is 45.9 Å². The topological polar surface area (TPSA) is 77.0 Å². The maximum atomic E-state index is 12.7. The zero-order chi connectivity index (χ0) is 17.9. The van der Waals surface area contributed by atoms with Crippen LogP contribution >= 0.6 is 15.9 Å². The van der Waals surface area contributed by atoms with Gasteiger partial charge in [0.05, 0.1) is 24.6 Å². The van der Waals surface area contributed by atoms with Crippen LogP contribution < -0.4 is 5.32 Å². The third-order valence-corrected chi connectivity index (χ3v) is 4.36. The molecule has 2 unspecified atom stereocenters. The number of ether oxygens (including phenoxy) is 2. The van der Waals surface area contributed by atoms with Crippen molar-refractivity contribution in [1.29, 1.82) is 0 Å². The molecule has 1 heterocycles. The fraction of sp³-hybridized carbons (Fsp3) is 0.471. The van der Waals surface area contributed by atoms with Gasteiger partial charge in [0.2, 0.25) is 0 Å². The largest absolute Gasteiger partial charge is 0.465 e. The Morgan fingerprint density at radius 2 is 1.96 bits per heavy atom. The summed E-state index contributed by atoms with van der Waals surface area (Å²) in [5, 5.41) is 3.16. The summed E-state index contributed by atoms with van der Waals surface area (Å²) in [5.74, 6) is -1.92. The standard InChI is InChI=1S/C17H21BrN2O4/c1-5-23-15(21)14-10(3)19-12-8-7-11(18)9-13(12)20-17(14,4)16(22)24-6-2/h7-9,14,20H,5-6H2,1-4H3. The zero-order valence-electron chi connectivity index (χ0n) is 14.2. The minimum Gasteiger partial charge on any atom is -0.465 e. The quantitative estimate of drug-likeness (QED) is 0.788. The predicted molar refractivity (Wildman–Crippen MR) is 95.7 cm³/mol. The molecule has 1 N–H and O–H groups in total. The third-order valence-electron chi connectivity index (χ3n) is 3.87. The molecule has 0 aliphatic carbocycles. The lowest BCUT2D eigenvalue weighted by Gasteiger charge is -2.34. The summed E-state index contributed by atoms with van der Waals surface area (Å²) in [5.41, 5.74) is 0.476. The third kappa shape index (κ3) is 3.45. The van der Waals surface area contributed by atoms with Gasteiger partial charge in [-0.2, -0.15) is 0 Å². The summed E-state index contributed by atoms with van der Waals surface area (Å²) >= 11 is 3.41. The number of benzene rings is 1. The SMILES string of the molecule is CCOC(=O)C1C(C)=Nc2ccc(Br)cc2NC1(C)C(=O)OCC. The molecule has 7 heteroatoms. The van der Waals surface area contributed by atoms with Crippen LogP contribution in [0.4, 0.5) is 11.4 Å². The average Bonchev–Trinajstić information content (AvgIpc) is 2.61. The highest BCUT2D eigenvalue weighted by Gasteiger charge is 2.50. The van der Waals surface area contributed by atoms with E-state index < -0.39 is 23.4 Å². The molecule has 0 amide bonds. The van der Waals surface area contributed by atoms with Crippen LogP contribution in [-0.2, 0) is 19.1 Å². The van der Waals surface area contributed by atoms with Crippen molar-refractivity contribution in [2.45, 2.75) is 33.2 Å². The molecule has 0 fully saturated rings. The van der Waals surface area contributed by atoms with Crippen LogP contribution in [0.1, 0.15) is 27.7 Å². The minimum atomic E-state index is -1.32. The normalized spacial score (nSPS) is 22.5. The Balaban J connectivity index is 2.59. The first-order valence-electron chi connectivity index (χ1n) is 7.80. The Morgan fingerprint density at radius 3 is 2.58 bits per heavy atom. The minimum absolute atomic E-state index is 0.215. The molecular formula is C17H21BrN2O4. The molecule has 1 aliphatic heterocycles. The molecule has 0 bridgehead atoms. The number of carbonyl (C=O) groups excluding carboxylic acids is 2. The highest BCUT2D eigenvalue weighted by molar-refractivity contribution is 9.10. The fourth-order valence-electron chi connectivity index (χ4n) is 2.81. The van der Waals surface area contributed by atoms with Gasteiger partial charge in [-0.15, -0.1) is 0 Å². The maximum absolute atomic E-state index is 12.7. The Morgan fingerprint density at radius 1 is 1.29 bits per heavy atom. The number of halogens is 1. The molecule has 0 spiro atoms. The Hall–Kier alpha value is -1.89. The molecule has 2 atom stereocenters. The lowest BCUT2D eigenvalue weighted by molar-refractivity contribution is -0.157. The number of rotatable bonds is 4. The van der Waals surface area contributed by atoms with Gasteiger partial charge in [-0.1, -0.05) is 15.9 Å². The van der Waals surface area contributed by atoms with Crippen LogP contribution in [0.3, 0.4) is 0 Å². The number of nitrogens with zero attached hydrogens (tertiary/aromatic N) is 1. The fourth-order valence-corrected chi connectivity index (χ4v) is 3.17. The molecule has 0 saturated heterocycles. The van der Waals surface area contributed by atoms with Crippen LogP contribution in [0.25, 0.3) is 0 Å². The molecule has 0 saturated carbocycles. The summed E-state index contributed by atoms with van der Waals surface area (Å²) in [7, 11) is 0. The van der Waals surface area contributed by atoms with Crippen molar-refractivity contribution in [2.24, 2.45) is 10.9 Å².